The summed E-state index contributed by atoms with van der Waals surface area (Å²) in [6, 6.07) is 5.40. The second kappa shape index (κ2) is 10.3. The third-order valence-corrected chi connectivity index (χ3v) is 1.95. The molecule has 0 aromatic heterocycles. The van der Waals surface area contributed by atoms with Gasteiger partial charge in [-0.2, -0.15) is 0 Å². The van der Waals surface area contributed by atoms with Crippen molar-refractivity contribution in [2.24, 2.45) is 5.92 Å². The summed E-state index contributed by atoms with van der Waals surface area (Å²) in [5, 5.41) is 4.10. The first kappa shape index (κ1) is 19.6. The Morgan fingerprint density at radius 3 is 2.18 bits per heavy atom. The van der Waals surface area contributed by atoms with Gasteiger partial charge in [-0.15, -0.1) is 0 Å². The fourth-order valence-electron chi connectivity index (χ4n) is 1.05. The zero-order valence-electron chi connectivity index (χ0n) is 13.1. The maximum absolute atomic E-state index is 13.2. The van der Waals surface area contributed by atoms with E-state index in [9.17, 15) is 18.8 Å². The largest absolute Gasteiger partial charge is 0.468 e. The van der Waals surface area contributed by atoms with E-state index in [1.807, 2.05) is 5.32 Å². The van der Waals surface area contributed by atoms with Crippen LogP contribution in [-0.4, -0.2) is 31.4 Å². The Balaban J connectivity index is 0.000000980. The summed E-state index contributed by atoms with van der Waals surface area (Å²) in [6.45, 7) is 6.07. The Labute approximate surface area is 129 Å². The van der Waals surface area contributed by atoms with E-state index in [-0.39, 0.29) is 5.69 Å². The summed E-state index contributed by atoms with van der Waals surface area (Å²) in [7, 11) is 1.15. The van der Waals surface area contributed by atoms with Crippen molar-refractivity contribution in [1.29, 1.82) is 0 Å². The number of hydrogen-bond acceptors (Lipinski definition) is 4. The molecule has 2 amide bonds. The van der Waals surface area contributed by atoms with E-state index >= 15 is 0 Å². The number of amides is 2. The molecule has 7 heteroatoms. The average molecular weight is 312 g/mol. The molecule has 0 radical (unpaired) electrons. The van der Waals surface area contributed by atoms with Gasteiger partial charge in [-0.25, -0.2) is 4.39 Å². The van der Waals surface area contributed by atoms with Crippen molar-refractivity contribution in [2.75, 3.05) is 19.0 Å². The molecule has 0 unspecified atom stereocenters. The van der Waals surface area contributed by atoms with Gasteiger partial charge >= 0.3 is 17.8 Å². The standard InChI is InChI=1S/C11H11FN2O4.C4H10/c1-18-9(15)6-13-10(16)11(17)14-8-5-3-2-4-7(8)12;1-4(2)3/h2-5H,6H2,1H3,(H,13,16)(H,14,17);4H,1-3H3. The Kier molecular flexibility index (Phi) is 9.17. The molecule has 0 bridgehead atoms. The molecule has 1 rings (SSSR count). The lowest BCUT2D eigenvalue weighted by Crippen LogP contribution is -2.38. The Morgan fingerprint density at radius 1 is 1.14 bits per heavy atom. The summed E-state index contributed by atoms with van der Waals surface area (Å²) in [6.07, 6.45) is 0. The van der Waals surface area contributed by atoms with Gasteiger partial charge < -0.3 is 15.4 Å². The Morgan fingerprint density at radius 2 is 1.68 bits per heavy atom. The van der Waals surface area contributed by atoms with E-state index < -0.39 is 30.1 Å². The molecular formula is C15H21FN2O4. The number of nitrogens with one attached hydrogen (secondary N) is 2. The number of ether oxygens (including phenoxy) is 1. The summed E-state index contributed by atoms with van der Waals surface area (Å²) in [5.41, 5.74) is -0.115. The fraction of sp³-hybridized carbons (Fsp3) is 0.400. The molecule has 0 aliphatic heterocycles. The minimum Gasteiger partial charge on any atom is -0.468 e. The fourth-order valence-corrected chi connectivity index (χ4v) is 1.05. The first-order chi connectivity index (χ1) is 10.3. The normalized spacial score (nSPS) is 9.36. The zero-order valence-corrected chi connectivity index (χ0v) is 13.1. The summed E-state index contributed by atoms with van der Waals surface area (Å²) in [5.74, 6) is -2.64. The molecule has 0 saturated heterocycles. The maximum atomic E-state index is 13.2. The molecule has 1 aromatic carbocycles. The number of benzene rings is 1. The first-order valence-corrected chi connectivity index (χ1v) is 6.68. The van der Waals surface area contributed by atoms with Crippen LogP contribution in [0.4, 0.5) is 10.1 Å². The number of carbonyl (C=O) groups excluding carboxylic acids is 3. The number of methoxy groups -OCH3 is 1. The van der Waals surface area contributed by atoms with Crippen molar-refractivity contribution in [3.05, 3.63) is 30.1 Å². The molecular weight excluding hydrogens is 291 g/mol. The van der Waals surface area contributed by atoms with Crippen molar-refractivity contribution >= 4 is 23.5 Å². The third kappa shape index (κ3) is 8.68. The van der Waals surface area contributed by atoms with Gasteiger partial charge in [-0.1, -0.05) is 32.9 Å². The van der Waals surface area contributed by atoms with E-state index in [0.29, 0.717) is 0 Å². The minimum absolute atomic E-state index is 0.115. The molecule has 0 heterocycles. The van der Waals surface area contributed by atoms with Crippen LogP contribution in [0.25, 0.3) is 0 Å². The Hall–Kier alpha value is -2.44. The van der Waals surface area contributed by atoms with Crippen LogP contribution < -0.4 is 10.6 Å². The van der Waals surface area contributed by atoms with E-state index in [4.69, 9.17) is 0 Å². The van der Waals surface area contributed by atoms with Crippen LogP contribution in [0.3, 0.4) is 0 Å². The van der Waals surface area contributed by atoms with Gasteiger partial charge in [0.25, 0.3) is 0 Å². The van der Waals surface area contributed by atoms with Gasteiger partial charge in [-0.05, 0) is 18.1 Å². The number of anilines is 1. The molecule has 0 fully saturated rings. The van der Waals surface area contributed by atoms with Crippen LogP contribution in [0.5, 0.6) is 0 Å². The van der Waals surface area contributed by atoms with Gasteiger partial charge in [0.1, 0.15) is 12.4 Å². The highest BCUT2D eigenvalue weighted by Gasteiger charge is 2.16. The lowest BCUT2D eigenvalue weighted by Gasteiger charge is -2.06. The molecule has 0 saturated carbocycles. The molecule has 0 atom stereocenters. The number of carbonyl (C=O) groups is 3. The summed E-state index contributed by atoms with van der Waals surface area (Å²) in [4.78, 5) is 33.3. The average Bonchev–Trinajstić information content (AvgIpc) is 2.46. The van der Waals surface area contributed by atoms with Crippen LogP contribution in [0.15, 0.2) is 24.3 Å². The first-order valence-electron chi connectivity index (χ1n) is 6.68. The molecule has 6 nitrogen and oxygen atoms in total. The van der Waals surface area contributed by atoms with E-state index in [1.54, 1.807) is 0 Å². The molecule has 0 spiro atoms. The number of rotatable bonds is 3. The summed E-state index contributed by atoms with van der Waals surface area (Å²) >= 11 is 0. The molecule has 2 N–H and O–H groups in total. The maximum Gasteiger partial charge on any atom is 0.325 e. The molecule has 22 heavy (non-hydrogen) atoms. The lowest BCUT2D eigenvalue weighted by atomic mass is 10.3. The lowest BCUT2D eigenvalue weighted by molar-refractivity contribution is -0.142. The van der Waals surface area contributed by atoms with E-state index in [2.05, 4.69) is 30.8 Å². The van der Waals surface area contributed by atoms with E-state index in [1.165, 1.54) is 18.2 Å². The molecule has 0 aliphatic rings. The minimum atomic E-state index is -1.07. The topological polar surface area (TPSA) is 84.5 Å². The molecule has 122 valence electrons. The molecule has 1 aromatic rings. The smallest absolute Gasteiger partial charge is 0.325 e. The Bertz CT molecular complexity index is 515. The van der Waals surface area contributed by atoms with Crippen LogP contribution in [0.2, 0.25) is 0 Å². The van der Waals surface area contributed by atoms with Crippen molar-refractivity contribution in [3.8, 4) is 0 Å². The number of esters is 1. The van der Waals surface area contributed by atoms with Gasteiger partial charge in [0.05, 0.1) is 12.8 Å². The highest BCUT2D eigenvalue weighted by molar-refractivity contribution is 6.39. The van der Waals surface area contributed by atoms with Crippen LogP contribution in [0, 0.1) is 11.7 Å². The number of para-hydroxylation sites is 1. The van der Waals surface area contributed by atoms with Crippen molar-refractivity contribution < 1.29 is 23.5 Å². The van der Waals surface area contributed by atoms with Crippen molar-refractivity contribution in [2.45, 2.75) is 20.8 Å². The second-order valence-corrected chi connectivity index (χ2v) is 4.92. The highest BCUT2D eigenvalue weighted by Crippen LogP contribution is 2.11. The quantitative estimate of drug-likeness (QED) is 0.657. The van der Waals surface area contributed by atoms with Crippen LogP contribution >= 0.6 is 0 Å². The van der Waals surface area contributed by atoms with Gasteiger partial charge in [0, 0.05) is 0 Å². The zero-order chi connectivity index (χ0) is 17.1. The monoisotopic (exact) mass is 312 g/mol. The second-order valence-electron chi connectivity index (χ2n) is 4.92. The van der Waals surface area contributed by atoms with Crippen LogP contribution in [-0.2, 0) is 19.1 Å². The predicted molar refractivity (Wildman–Crippen MR) is 80.6 cm³/mol. The van der Waals surface area contributed by atoms with E-state index in [0.717, 1.165) is 19.1 Å². The van der Waals surface area contributed by atoms with Gasteiger partial charge in [0.15, 0.2) is 0 Å². The summed E-state index contributed by atoms with van der Waals surface area (Å²) < 4.78 is 17.4. The van der Waals surface area contributed by atoms with Gasteiger partial charge in [0.2, 0.25) is 0 Å². The predicted octanol–water partition coefficient (Wildman–Crippen LogP) is 1.72. The van der Waals surface area contributed by atoms with Gasteiger partial charge in [-0.3, -0.25) is 14.4 Å². The SMILES string of the molecule is CC(C)C.COC(=O)CNC(=O)C(=O)Nc1ccccc1F. The van der Waals surface area contributed by atoms with Crippen molar-refractivity contribution in [1.82, 2.24) is 5.32 Å². The van der Waals surface area contributed by atoms with Crippen molar-refractivity contribution in [3.63, 3.8) is 0 Å². The number of hydrogen-bond donors (Lipinski definition) is 2. The number of halogens is 1. The molecule has 0 aliphatic carbocycles. The van der Waals surface area contributed by atoms with Crippen LogP contribution in [0.1, 0.15) is 20.8 Å². The highest BCUT2D eigenvalue weighted by atomic mass is 19.1. The third-order valence-electron chi connectivity index (χ3n) is 1.95.